The third-order valence-electron chi connectivity index (χ3n) is 4.81. The van der Waals surface area contributed by atoms with Gasteiger partial charge in [-0.3, -0.25) is 4.79 Å². The van der Waals surface area contributed by atoms with Crippen LogP contribution in [0.4, 0.5) is 0 Å². The topological polar surface area (TPSA) is 125 Å². The van der Waals surface area contributed by atoms with Crippen LogP contribution in [0.5, 0.6) is 11.5 Å². The van der Waals surface area contributed by atoms with E-state index in [2.05, 4.69) is 10.2 Å². The lowest BCUT2D eigenvalue weighted by Crippen LogP contribution is -2.57. The highest BCUT2D eigenvalue weighted by Crippen LogP contribution is 2.29. The molecule has 0 saturated carbocycles. The number of aliphatic carboxylic acids is 2. The Morgan fingerprint density at radius 1 is 1.07 bits per heavy atom. The van der Waals surface area contributed by atoms with E-state index in [0.29, 0.717) is 23.0 Å². The maximum Gasteiger partial charge on any atom is 0.414 e. The first-order chi connectivity index (χ1) is 12.8. The molecule has 0 radical (unpaired) electrons. The van der Waals surface area contributed by atoms with Gasteiger partial charge in [0.25, 0.3) is 5.91 Å². The van der Waals surface area contributed by atoms with Crippen LogP contribution in [-0.2, 0) is 9.59 Å². The fraction of sp³-hybridized carbons (Fsp3) is 0.500. The number of methoxy groups -OCH3 is 2. The van der Waals surface area contributed by atoms with Gasteiger partial charge in [-0.25, -0.2) is 9.59 Å². The minimum atomic E-state index is -1.82. The van der Waals surface area contributed by atoms with Crippen molar-refractivity contribution in [2.45, 2.75) is 18.9 Å². The molecule has 3 aliphatic heterocycles. The highest BCUT2D eigenvalue weighted by molar-refractivity contribution is 6.27. The molecule has 0 aromatic heterocycles. The summed E-state index contributed by atoms with van der Waals surface area (Å²) in [5, 5.41) is 18.0. The summed E-state index contributed by atoms with van der Waals surface area (Å²) in [4.78, 5) is 33.1. The Balaban J connectivity index is 0.000000380. The van der Waals surface area contributed by atoms with Crippen molar-refractivity contribution in [3.8, 4) is 11.5 Å². The lowest BCUT2D eigenvalue weighted by molar-refractivity contribution is -0.159. The van der Waals surface area contributed by atoms with E-state index in [1.165, 1.54) is 25.9 Å². The Labute approximate surface area is 156 Å². The summed E-state index contributed by atoms with van der Waals surface area (Å²) in [5.41, 5.74) is 0.565. The molecular formula is C18H24N2O7. The Hall–Kier alpha value is -2.81. The zero-order valence-corrected chi connectivity index (χ0v) is 15.3. The molecule has 9 heteroatoms. The van der Waals surface area contributed by atoms with Crippen molar-refractivity contribution >= 4 is 17.8 Å². The Kier molecular flexibility index (Phi) is 7.00. The van der Waals surface area contributed by atoms with Crippen molar-refractivity contribution in [2.24, 2.45) is 5.92 Å². The zero-order valence-electron chi connectivity index (χ0n) is 15.3. The summed E-state index contributed by atoms with van der Waals surface area (Å²) in [6.07, 6.45) is 2.37. The first kappa shape index (κ1) is 20.5. The Morgan fingerprint density at radius 2 is 1.70 bits per heavy atom. The number of rotatable bonds is 4. The summed E-state index contributed by atoms with van der Waals surface area (Å²) in [5.74, 6) is -1.86. The first-order valence-electron chi connectivity index (χ1n) is 8.57. The number of carboxylic acid groups (broad SMARTS) is 2. The summed E-state index contributed by atoms with van der Waals surface area (Å²) >= 11 is 0. The van der Waals surface area contributed by atoms with Crippen LogP contribution in [0.1, 0.15) is 23.2 Å². The number of benzene rings is 1. The van der Waals surface area contributed by atoms with E-state index < -0.39 is 11.9 Å². The zero-order chi connectivity index (χ0) is 20.0. The quantitative estimate of drug-likeness (QED) is 0.651. The number of fused-ring (bicyclic) bond motifs is 3. The molecule has 3 fully saturated rings. The Bertz CT molecular complexity index is 687. The van der Waals surface area contributed by atoms with Crippen LogP contribution in [0, 0.1) is 5.92 Å². The number of piperidine rings is 3. The predicted octanol–water partition coefficient (Wildman–Crippen LogP) is 0.683. The van der Waals surface area contributed by atoms with Crippen LogP contribution < -0.4 is 14.8 Å². The van der Waals surface area contributed by atoms with Crippen molar-refractivity contribution in [1.82, 2.24) is 10.2 Å². The summed E-state index contributed by atoms with van der Waals surface area (Å²) in [6, 6.07) is 5.54. The molecule has 1 atom stereocenters. The average molecular weight is 380 g/mol. The second-order valence-corrected chi connectivity index (χ2v) is 6.39. The molecule has 27 heavy (non-hydrogen) atoms. The van der Waals surface area contributed by atoms with Gasteiger partial charge >= 0.3 is 11.9 Å². The standard InChI is InChI=1S/C16H22N2O3.C2H2O4/c1-20-12-3-4-13(15(9-12)21-2)16(19)17-14-10-18-7-5-11(14)6-8-18;3-1(4)2(5)6/h3-4,9,11,14H,5-8,10H2,1-2H3,(H,17,19);(H,3,4)(H,5,6). The van der Waals surface area contributed by atoms with Crippen molar-refractivity contribution in [1.29, 1.82) is 0 Å². The van der Waals surface area contributed by atoms with Crippen molar-refractivity contribution in [2.75, 3.05) is 33.9 Å². The minimum absolute atomic E-state index is 0.0618. The maximum atomic E-state index is 12.5. The molecule has 3 heterocycles. The van der Waals surface area contributed by atoms with Crippen LogP contribution in [0.15, 0.2) is 18.2 Å². The molecule has 2 bridgehead atoms. The highest BCUT2D eigenvalue weighted by Gasteiger charge is 2.35. The van der Waals surface area contributed by atoms with Crippen LogP contribution in [0.25, 0.3) is 0 Å². The lowest BCUT2D eigenvalue weighted by atomic mass is 9.84. The second kappa shape index (κ2) is 9.22. The van der Waals surface area contributed by atoms with Gasteiger partial charge in [-0.05, 0) is 44.0 Å². The molecule has 3 N–H and O–H groups in total. The largest absolute Gasteiger partial charge is 0.497 e. The molecular weight excluding hydrogens is 356 g/mol. The summed E-state index contributed by atoms with van der Waals surface area (Å²) in [7, 11) is 3.17. The van der Waals surface area contributed by atoms with Gasteiger partial charge in [0.15, 0.2) is 0 Å². The average Bonchev–Trinajstić information content (AvgIpc) is 2.68. The molecule has 4 rings (SSSR count). The van der Waals surface area contributed by atoms with E-state index in [9.17, 15) is 4.79 Å². The van der Waals surface area contributed by atoms with Crippen molar-refractivity contribution < 1.29 is 34.1 Å². The van der Waals surface area contributed by atoms with Gasteiger partial charge in [-0.1, -0.05) is 0 Å². The van der Waals surface area contributed by atoms with Crippen LogP contribution in [0.2, 0.25) is 0 Å². The van der Waals surface area contributed by atoms with Gasteiger partial charge in [-0.2, -0.15) is 0 Å². The van der Waals surface area contributed by atoms with Gasteiger partial charge in [-0.15, -0.1) is 0 Å². The van der Waals surface area contributed by atoms with Gasteiger partial charge in [0, 0.05) is 18.7 Å². The highest BCUT2D eigenvalue weighted by atomic mass is 16.5. The van der Waals surface area contributed by atoms with Crippen molar-refractivity contribution in [3.63, 3.8) is 0 Å². The van der Waals surface area contributed by atoms with E-state index in [1.807, 2.05) is 0 Å². The number of carbonyl (C=O) groups excluding carboxylic acids is 1. The van der Waals surface area contributed by atoms with Crippen LogP contribution in [-0.4, -0.2) is 72.9 Å². The first-order valence-corrected chi connectivity index (χ1v) is 8.57. The fourth-order valence-electron chi connectivity index (χ4n) is 3.36. The fourth-order valence-corrected chi connectivity index (χ4v) is 3.36. The number of carbonyl (C=O) groups is 3. The molecule has 9 nitrogen and oxygen atoms in total. The Morgan fingerprint density at radius 3 is 2.15 bits per heavy atom. The van der Waals surface area contributed by atoms with E-state index in [4.69, 9.17) is 29.3 Å². The number of nitrogens with one attached hydrogen (secondary N) is 1. The third kappa shape index (κ3) is 5.33. The SMILES string of the molecule is COc1ccc(C(=O)NC2CN3CCC2CC3)c(OC)c1.O=C(O)C(=O)O. The molecule has 1 amide bonds. The normalized spacial score (nSPS) is 22.8. The molecule has 1 aromatic carbocycles. The van der Waals surface area contributed by atoms with Crippen molar-refractivity contribution in [3.05, 3.63) is 23.8 Å². The number of ether oxygens (including phenoxy) is 2. The second-order valence-electron chi connectivity index (χ2n) is 6.39. The number of hydrogen-bond donors (Lipinski definition) is 3. The molecule has 3 aliphatic rings. The molecule has 0 aliphatic carbocycles. The molecule has 0 spiro atoms. The smallest absolute Gasteiger partial charge is 0.414 e. The summed E-state index contributed by atoms with van der Waals surface area (Å²) < 4.78 is 10.5. The minimum Gasteiger partial charge on any atom is -0.497 e. The summed E-state index contributed by atoms with van der Waals surface area (Å²) in [6.45, 7) is 3.31. The number of nitrogens with zero attached hydrogens (tertiary/aromatic N) is 1. The maximum absolute atomic E-state index is 12.5. The van der Waals surface area contributed by atoms with E-state index in [0.717, 1.165) is 6.54 Å². The molecule has 1 unspecified atom stereocenters. The van der Waals surface area contributed by atoms with Gasteiger partial charge in [0.1, 0.15) is 11.5 Å². The monoisotopic (exact) mass is 380 g/mol. The number of amides is 1. The number of carboxylic acids is 2. The van der Waals surface area contributed by atoms with E-state index in [-0.39, 0.29) is 11.9 Å². The molecule has 1 aromatic rings. The lowest BCUT2D eigenvalue weighted by Gasteiger charge is -2.44. The van der Waals surface area contributed by atoms with Gasteiger partial charge in [0.05, 0.1) is 19.8 Å². The van der Waals surface area contributed by atoms with E-state index >= 15 is 0 Å². The van der Waals surface area contributed by atoms with E-state index in [1.54, 1.807) is 32.4 Å². The van der Waals surface area contributed by atoms with Gasteiger partial charge < -0.3 is 29.9 Å². The third-order valence-corrected chi connectivity index (χ3v) is 4.81. The van der Waals surface area contributed by atoms with Crippen LogP contribution in [0.3, 0.4) is 0 Å². The molecule has 148 valence electrons. The van der Waals surface area contributed by atoms with Gasteiger partial charge in [0.2, 0.25) is 0 Å². The number of hydrogen-bond acceptors (Lipinski definition) is 6. The molecule has 3 saturated heterocycles. The van der Waals surface area contributed by atoms with Crippen LogP contribution >= 0.6 is 0 Å². The predicted molar refractivity (Wildman–Crippen MR) is 95.2 cm³/mol.